The summed E-state index contributed by atoms with van der Waals surface area (Å²) in [5, 5.41) is 3.21. The highest BCUT2D eigenvalue weighted by molar-refractivity contribution is 5.86. The third-order valence-electron chi connectivity index (χ3n) is 4.22. The van der Waals surface area contributed by atoms with Crippen LogP contribution in [-0.4, -0.2) is 43.0 Å². The van der Waals surface area contributed by atoms with Crippen molar-refractivity contribution in [3.63, 3.8) is 0 Å². The molecule has 0 aromatic carbocycles. The highest BCUT2D eigenvalue weighted by Crippen LogP contribution is 2.30. The molecule has 0 spiro atoms. The van der Waals surface area contributed by atoms with Gasteiger partial charge in [-0.2, -0.15) is 0 Å². The Kier molecular flexibility index (Phi) is 5.89. The maximum absolute atomic E-state index is 12.5. The molecule has 106 valence electrons. The molecular formula is C13H26ClN3O. The zero-order valence-electron chi connectivity index (χ0n) is 11.3. The van der Waals surface area contributed by atoms with Crippen LogP contribution >= 0.6 is 12.4 Å². The molecule has 1 heterocycles. The number of nitrogens with two attached hydrogens (primary N) is 1. The number of rotatable bonds is 3. The van der Waals surface area contributed by atoms with Crippen molar-refractivity contribution in [1.82, 2.24) is 10.2 Å². The highest BCUT2D eigenvalue weighted by Gasteiger charge is 2.40. The van der Waals surface area contributed by atoms with Crippen LogP contribution in [0.5, 0.6) is 0 Å². The molecule has 1 saturated heterocycles. The molecular weight excluding hydrogens is 250 g/mol. The monoisotopic (exact) mass is 275 g/mol. The molecule has 0 radical (unpaired) electrons. The second kappa shape index (κ2) is 6.73. The first-order valence-corrected chi connectivity index (χ1v) is 6.88. The minimum Gasteiger partial charge on any atom is -0.341 e. The first kappa shape index (κ1) is 15.7. The van der Waals surface area contributed by atoms with Crippen LogP contribution in [-0.2, 0) is 4.79 Å². The van der Waals surface area contributed by atoms with Crippen molar-refractivity contribution in [2.75, 3.05) is 26.7 Å². The lowest BCUT2D eigenvalue weighted by Gasteiger charge is -2.37. The van der Waals surface area contributed by atoms with Crippen LogP contribution in [0.2, 0.25) is 0 Å². The molecule has 3 N–H and O–H groups in total. The van der Waals surface area contributed by atoms with Gasteiger partial charge in [0.15, 0.2) is 0 Å². The first-order valence-electron chi connectivity index (χ1n) is 6.88. The zero-order chi connectivity index (χ0) is 12.3. The number of likely N-dealkylation sites (tertiary alicyclic amines) is 1. The van der Waals surface area contributed by atoms with E-state index in [9.17, 15) is 4.79 Å². The van der Waals surface area contributed by atoms with Gasteiger partial charge >= 0.3 is 0 Å². The minimum absolute atomic E-state index is 0. The molecule has 18 heavy (non-hydrogen) atoms. The highest BCUT2D eigenvalue weighted by atomic mass is 35.5. The third kappa shape index (κ3) is 3.37. The molecule has 1 amide bonds. The van der Waals surface area contributed by atoms with Crippen LogP contribution < -0.4 is 11.1 Å². The number of hydrogen-bond acceptors (Lipinski definition) is 3. The van der Waals surface area contributed by atoms with Crippen LogP contribution in [0, 0.1) is 5.92 Å². The smallest absolute Gasteiger partial charge is 0.242 e. The standard InChI is InChI=1S/C13H25N3O.ClH/c1-15-9-11-5-4-8-16(10-11)12(17)13(14)6-2-3-7-13;/h11,15H,2-10,14H2,1H3;1H. The number of amides is 1. The lowest BCUT2D eigenvalue weighted by atomic mass is 9.92. The molecule has 0 aromatic heterocycles. The Morgan fingerprint density at radius 1 is 1.39 bits per heavy atom. The molecule has 1 unspecified atom stereocenters. The Bertz CT molecular complexity index is 277. The molecule has 2 aliphatic rings. The van der Waals surface area contributed by atoms with E-state index in [2.05, 4.69) is 5.32 Å². The van der Waals surface area contributed by atoms with Gasteiger partial charge in [-0.15, -0.1) is 12.4 Å². The Morgan fingerprint density at radius 2 is 2.06 bits per heavy atom. The van der Waals surface area contributed by atoms with Crippen LogP contribution in [0.15, 0.2) is 0 Å². The average molecular weight is 276 g/mol. The molecule has 2 fully saturated rings. The van der Waals surface area contributed by atoms with Crippen molar-refractivity contribution in [1.29, 1.82) is 0 Å². The van der Waals surface area contributed by atoms with E-state index in [1.165, 1.54) is 6.42 Å². The maximum Gasteiger partial charge on any atom is 0.242 e. The Balaban J connectivity index is 0.00000162. The fourth-order valence-electron chi connectivity index (χ4n) is 3.24. The van der Waals surface area contributed by atoms with Gasteiger partial charge in [0.1, 0.15) is 0 Å². The van der Waals surface area contributed by atoms with E-state index >= 15 is 0 Å². The van der Waals surface area contributed by atoms with Gasteiger partial charge in [-0.05, 0) is 45.2 Å². The van der Waals surface area contributed by atoms with E-state index in [-0.39, 0.29) is 18.3 Å². The summed E-state index contributed by atoms with van der Waals surface area (Å²) < 4.78 is 0. The van der Waals surface area contributed by atoms with Gasteiger partial charge in [-0.1, -0.05) is 12.8 Å². The molecule has 1 aliphatic carbocycles. The normalized spacial score (nSPS) is 26.8. The number of nitrogens with zero attached hydrogens (tertiary/aromatic N) is 1. The molecule has 0 bridgehead atoms. The van der Waals surface area contributed by atoms with E-state index in [1.807, 2.05) is 11.9 Å². The number of hydrogen-bond donors (Lipinski definition) is 2. The van der Waals surface area contributed by atoms with Gasteiger partial charge in [0, 0.05) is 13.1 Å². The van der Waals surface area contributed by atoms with Crippen LogP contribution in [0.4, 0.5) is 0 Å². The van der Waals surface area contributed by atoms with Crippen LogP contribution in [0.25, 0.3) is 0 Å². The Hall–Kier alpha value is -0.320. The average Bonchev–Trinajstić information content (AvgIpc) is 2.77. The lowest BCUT2D eigenvalue weighted by molar-refractivity contribution is -0.138. The predicted molar refractivity (Wildman–Crippen MR) is 75.9 cm³/mol. The van der Waals surface area contributed by atoms with Gasteiger partial charge in [0.2, 0.25) is 5.91 Å². The van der Waals surface area contributed by atoms with Crippen LogP contribution in [0.3, 0.4) is 0 Å². The van der Waals surface area contributed by atoms with E-state index in [0.717, 1.165) is 51.7 Å². The van der Waals surface area contributed by atoms with Crippen LogP contribution in [0.1, 0.15) is 38.5 Å². The van der Waals surface area contributed by atoms with Crippen molar-refractivity contribution < 1.29 is 4.79 Å². The molecule has 1 saturated carbocycles. The van der Waals surface area contributed by atoms with Crippen molar-refractivity contribution in [3.05, 3.63) is 0 Å². The molecule has 4 nitrogen and oxygen atoms in total. The summed E-state index contributed by atoms with van der Waals surface area (Å²) in [6.07, 6.45) is 6.31. The molecule has 0 aromatic rings. The summed E-state index contributed by atoms with van der Waals surface area (Å²) in [5.74, 6) is 0.804. The number of halogens is 1. The molecule has 5 heteroatoms. The first-order chi connectivity index (χ1) is 8.15. The van der Waals surface area contributed by atoms with Gasteiger partial charge < -0.3 is 16.0 Å². The number of nitrogens with one attached hydrogen (secondary N) is 1. The number of carbonyl (C=O) groups is 1. The second-order valence-corrected chi connectivity index (χ2v) is 5.68. The SMILES string of the molecule is CNCC1CCCN(C(=O)C2(N)CCCC2)C1.Cl. The van der Waals surface area contributed by atoms with Crippen molar-refractivity contribution >= 4 is 18.3 Å². The second-order valence-electron chi connectivity index (χ2n) is 5.68. The van der Waals surface area contributed by atoms with Gasteiger partial charge in [0.25, 0.3) is 0 Å². The van der Waals surface area contributed by atoms with E-state index in [1.54, 1.807) is 0 Å². The predicted octanol–water partition coefficient (Wildman–Crippen LogP) is 1.14. The Labute approximate surface area is 116 Å². The lowest BCUT2D eigenvalue weighted by Crippen LogP contribution is -2.56. The quantitative estimate of drug-likeness (QED) is 0.812. The maximum atomic E-state index is 12.5. The molecule has 1 atom stereocenters. The largest absolute Gasteiger partial charge is 0.341 e. The summed E-state index contributed by atoms with van der Waals surface area (Å²) in [6.45, 7) is 2.79. The molecule has 2 rings (SSSR count). The van der Waals surface area contributed by atoms with E-state index in [4.69, 9.17) is 5.73 Å². The van der Waals surface area contributed by atoms with Gasteiger partial charge in [-0.25, -0.2) is 0 Å². The van der Waals surface area contributed by atoms with Crippen molar-refractivity contribution in [2.45, 2.75) is 44.1 Å². The number of piperidine rings is 1. The number of carbonyl (C=O) groups excluding carboxylic acids is 1. The topological polar surface area (TPSA) is 58.4 Å². The van der Waals surface area contributed by atoms with E-state index in [0.29, 0.717) is 5.92 Å². The summed E-state index contributed by atoms with van der Waals surface area (Å²) in [7, 11) is 1.97. The summed E-state index contributed by atoms with van der Waals surface area (Å²) in [4.78, 5) is 14.5. The summed E-state index contributed by atoms with van der Waals surface area (Å²) in [5.41, 5.74) is 5.71. The third-order valence-corrected chi connectivity index (χ3v) is 4.22. The zero-order valence-corrected chi connectivity index (χ0v) is 12.1. The van der Waals surface area contributed by atoms with Gasteiger partial charge in [-0.3, -0.25) is 4.79 Å². The minimum atomic E-state index is -0.540. The van der Waals surface area contributed by atoms with E-state index < -0.39 is 5.54 Å². The van der Waals surface area contributed by atoms with Gasteiger partial charge in [0.05, 0.1) is 5.54 Å². The Morgan fingerprint density at radius 3 is 2.67 bits per heavy atom. The fourth-order valence-corrected chi connectivity index (χ4v) is 3.24. The summed E-state index contributed by atoms with van der Waals surface area (Å²) in [6, 6.07) is 0. The van der Waals surface area contributed by atoms with Crippen molar-refractivity contribution in [3.8, 4) is 0 Å². The van der Waals surface area contributed by atoms with Crippen molar-refractivity contribution in [2.24, 2.45) is 11.7 Å². The summed E-state index contributed by atoms with van der Waals surface area (Å²) >= 11 is 0. The fraction of sp³-hybridized carbons (Fsp3) is 0.923. The molecule has 1 aliphatic heterocycles.